The van der Waals surface area contributed by atoms with Crippen molar-refractivity contribution in [3.05, 3.63) is 0 Å². The van der Waals surface area contributed by atoms with Crippen molar-refractivity contribution in [3.8, 4) is 0 Å². The molecule has 0 saturated carbocycles. The summed E-state index contributed by atoms with van der Waals surface area (Å²) in [5.74, 6) is 0.477. The molecule has 2 aliphatic rings. The molecule has 2 fully saturated rings. The largest absolute Gasteiger partial charge is 0.379 e. The number of hydrogen-bond acceptors (Lipinski definition) is 4. The van der Waals surface area contributed by atoms with Crippen LogP contribution >= 0.6 is 0 Å². The van der Waals surface area contributed by atoms with E-state index in [0.29, 0.717) is 31.2 Å². The van der Waals surface area contributed by atoms with Crippen molar-refractivity contribution in [1.82, 2.24) is 9.21 Å². The Kier molecular flexibility index (Phi) is 7.32. The summed E-state index contributed by atoms with van der Waals surface area (Å²) in [4.78, 5) is 2.60. The average Bonchev–Trinajstić information content (AvgIpc) is 2.48. The van der Waals surface area contributed by atoms with Crippen LogP contribution in [0.1, 0.15) is 52.4 Å². The summed E-state index contributed by atoms with van der Waals surface area (Å²) in [6.45, 7) is 8.59. The fourth-order valence-electron chi connectivity index (χ4n) is 3.88. The van der Waals surface area contributed by atoms with Crippen molar-refractivity contribution in [2.75, 3.05) is 39.0 Å². The SMILES string of the molecule is CC(C)OCC[C@@H]1CCCCN1C[C@@H]1CCCN(S(C)(=O)=O)C1. The molecule has 2 saturated heterocycles. The summed E-state index contributed by atoms with van der Waals surface area (Å²) in [6.07, 6.45) is 8.71. The Bertz CT molecular complexity index is 453. The summed E-state index contributed by atoms with van der Waals surface area (Å²) in [5.41, 5.74) is 0. The number of likely N-dealkylation sites (tertiary alicyclic amines) is 1. The number of ether oxygens (including phenoxy) is 1. The lowest BCUT2D eigenvalue weighted by Crippen LogP contribution is -2.47. The number of hydrogen-bond donors (Lipinski definition) is 0. The van der Waals surface area contributed by atoms with Gasteiger partial charge in [-0.3, -0.25) is 4.90 Å². The van der Waals surface area contributed by atoms with Crippen LogP contribution in [0.4, 0.5) is 0 Å². The van der Waals surface area contributed by atoms with E-state index in [0.717, 1.165) is 39.0 Å². The minimum atomic E-state index is -3.04. The van der Waals surface area contributed by atoms with E-state index in [1.54, 1.807) is 4.31 Å². The first-order valence-electron chi connectivity index (χ1n) is 9.17. The monoisotopic (exact) mass is 346 g/mol. The molecule has 0 N–H and O–H groups in total. The third kappa shape index (κ3) is 6.33. The third-order valence-corrected chi connectivity index (χ3v) is 6.36. The topological polar surface area (TPSA) is 49.9 Å². The molecule has 0 bridgehead atoms. The summed E-state index contributed by atoms with van der Waals surface area (Å²) >= 11 is 0. The molecule has 2 heterocycles. The first-order valence-corrected chi connectivity index (χ1v) is 11.0. The lowest BCUT2D eigenvalue weighted by Gasteiger charge is -2.40. The highest BCUT2D eigenvalue weighted by atomic mass is 32.2. The van der Waals surface area contributed by atoms with Gasteiger partial charge in [-0.15, -0.1) is 0 Å². The smallest absolute Gasteiger partial charge is 0.211 e. The van der Waals surface area contributed by atoms with E-state index >= 15 is 0 Å². The predicted molar refractivity (Wildman–Crippen MR) is 94.1 cm³/mol. The van der Waals surface area contributed by atoms with E-state index in [-0.39, 0.29) is 0 Å². The highest BCUT2D eigenvalue weighted by Crippen LogP contribution is 2.25. The maximum atomic E-state index is 11.8. The van der Waals surface area contributed by atoms with Gasteiger partial charge in [-0.2, -0.15) is 0 Å². The van der Waals surface area contributed by atoms with E-state index in [2.05, 4.69) is 18.7 Å². The zero-order valence-electron chi connectivity index (χ0n) is 15.0. The molecule has 0 aromatic carbocycles. The van der Waals surface area contributed by atoms with Crippen molar-refractivity contribution in [1.29, 1.82) is 0 Å². The van der Waals surface area contributed by atoms with Gasteiger partial charge in [0.1, 0.15) is 0 Å². The zero-order valence-corrected chi connectivity index (χ0v) is 15.9. The second kappa shape index (κ2) is 8.79. The minimum Gasteiger partial charge on any atom is -0.379 e. The van der Waals surface area contributed by atoms with E-state index in [9.17, 15) is 8.42 Å². The molecule has 2 rings (SSSR count). The fraction of sp³-hybridized carbons (Fsp3) is 1.00. The molecule has 0 aliphatic carbocycles. The van der Waals surface area contributed by atoms with Crippen molar-refractivity contribution >= 4 is 10.0 Å². The Morgan fingerprint density at radius 2 is 1.91 bits per heavy atom. The van der Waals surface area contributed by atoms with Gasteiger partial charge in [0.2, 0.25) is 10.0 Å². The fourth-order valence-corrected chi connectivity index (χ4v) is 4.82. The van der Waals surface area contributed by atoms with Gasteiger partial charge in [0.05, 0.1) is 12.4 Å². The normalized spacial score (nSPS) is 28.3. The highest BCUT2D eigenvalue weighted by molar-refractivity contribution is 7.88. The molecule has 0 spiro atoms. The van der Waals surface area contributed by atoms with E-state index in [1.807, 2.05) is 0 Å². The maximum Gasteiger partial charge on any atom is 0.211 e. The van der Waals surface area contributed by atoms with Crippen LogP contribution in [0.5, 0.6) is 0 Å². The Morgan fingerprint density at radius 3 is 2.61 bits per heavy atom. The lowest BCUT2D eigenvalue weighted by molar-refractivity contribution is 0.0403. The van der Waals surface area contributed by atoms with Crippen molar-refractivity contribution in [2.24, 2.45) is 5.92 Å². The Hall–Kier alpha value is -0.170. The molecule has 0 aromatic rings. The Morgan fingerprint density at radius 1 is 1.13 bits per heavy atom. The van der Waals surface area contributed by atoms with Gasteiger partial charge >= 0.3 is 0 Å². The van der Waals surface area contributed by atoms with Crippen LogP contribution in [0.2, 0.25) is 0 Å². The van der Waals surface area contributed by atoms with Gasteiger partial charge in [-0.05, 0) is 58.4 Å². The van der Waals surface area contributed by atoms with Crippen LogP contribution in [-0.4, -0.2) is 68.8 Å². The van der Waals surface area contributed by atoms with Crippen molar-refractivity contribution in [3.63, 3.8) is 0 Å². The summed E-state index contributed by atoms with van der Waals surface area (Å²) < 4.78 is 31.0. The van der Waals surface area contributed by atoms with E-state index in [1.165, 1.54) is 25.5 Å². The van der Waals surface area contributed by atoms with Gasteiger partial charge < -0.3 is 4.74 Å². The molecule has 0 radical (unpaired) electrons. The second-order valence-corrected chi connectivity index (χ2v) is 9.46. The molecule has 0 aromatic heterocycles. The van der Waals surface area contributed by atoms with Gasteiger partial charge in [0.15, 0.2) is 0 Å². The van der Waals surface area contributed by atoms with Crippen molar-refractivity contribution in [2.45, 2.75) is 64.5 Å². The number of nitrogens with zero attached hydrogens (tertiary/aromatic N) is 2. The maximum absolute atomic E-state index is 11.8. The van der Waals surface area contributed by atoms with Gasteiger partial charge in [0, 0.05) is 32.3 Å². The molecular formula is C17H34N2O3S. The van der Waals surface area contributed by atoms with Gasteiger partial charge in [0.25, 0.3) is 0 Å². The molecule has 23 heavy (non-hydrogen) atoms. The molecule has 136 valence electrons. The van der Waals surface area contributed by atoms with Crippen molar-refractivity contribution < 1.29 is 13.2 Å². The number of sulfonamides is 1. The summed E-state index contributed by atoms with van der Waals surface area (Å²) in [7, 11) is -3.04. The first kappa shape index (κ1) is 19.2. The van der Waals surface area contributed by atoms with Crippen LogP contribution in [0.25, 0.3) is 0 Å². The number of piperidine rings is 2. The molecule has 2 atom stereocenters. The Balaban J connectivity index is 1.85. The van der Waals surface area contributed by atoms with Gasteiger partial charge in [-0.1, -0.05) is 6.42 Å². The molecule has 0 amide bonds. The van der Waals surface area contributed by atoms with Crippen LogP contribution in [0.15, 0.2) is 0 Å². The Labute approximate surface area is 142 Å². The third-order valence-electron chi connectivity index (χ3n) is 5.09. The highest BCUT2D eigenvalue weighted by Gasteiger charge is 2.30. The zero-order chi connectivity index (χ0) is 16.9. The van der Waals surface area contributed by atoms with E-state index < -0.39 is 10.0 Å². The van der Waals surface area contributed by atoms with Crippen LogP contribution < -0.4 is 0 Å². The van der Waals surface area contributed by atoms with Crippen LogP contribution in [0.3, 0.4) is 0 Å². The van der Waals surface area contributed by atoms with E-state index in [4.69, 9.17) is 4.74 Å². The van der Waals surface area contributed by atoms with Gasteiger partial charge in [-0.25, -0.2) is 12.7 Å². The quantitative estimate of drug-likeness (QED) is 0.710. The molecule has 0 unspecified atom stereocenters. The summed E-state index contributed by atoms with van der Waals surface area (Å²) in [6, 6.07) is 0.608. The van der Waals surface area contributed by atoms with Crippen LogP contribution in [-0.2, 0) is 14.8 Å². The summed E-state index contributed by atoms with van der Waals surface area (Å²) in [5, 5.41) is 0. The molecule has 5 nitrogen and oxygen atoms in total. The first-order chi connectivity index (χ1) is 10.9. The molecule has 6 heteroatoms. The van der Waals surface area contributed by atoms with Crippen LogP contribution in [0, 0.1) is 5.92 Å². The number of rotatable bonds is 7. The molecular weight excluding hydrogens is 312 g/mol. The average molecular weight is 347 g/mol. The second-order valence-electron chi connectivity index (χ2n) is 7.48. The standard InChI is InChI=1S/C17H34N2O3S/c1-15(2)22-12-9-17-8-4-5-10-18(17)13-16-7-6-11-19(14-16)23(3,20)21/h15-17H,4-14H2,1-3H3/t16-,17-/m0/s1. The lowest BCUT2D eigenvalue weighted by atomic mass is 9.94. The predicted octanol–water partition coefficient (Wildman–Crippen LogP) is 2.33. The molecule has 2 aliphatic heterocycles. The minimum absolute atomic E-state index is 0.300.